The van der Waals surface area contributed by atoms with Crippen molar-refractivity contribution in [2.75, 3.05) is 19.7 Å². The number of hydrogen-bond acceptors (Lipinski definition) is 2. The van der Waals surface area contributed by atoms with E-state index in [-0.39, 0.29) is 12.5 Å². The molecule has 0 aliphatic carbocycles. The van der Waals surface area contributed by atoms with Crippen LogP contribution < -0.4 is 0 Å². The summed E-state index contributed by atoms with van der Waals surface area (Å²) in [5.74, 6) is -0.0432. The van der Waals surface area contributed by atoms with Gasteiger partial charge >= 0.3 is 0 Å². The molecule has 1 aromatic carbocycles. The molecule has 0 atom stereocenters. The molecule has 0 spiro atoms. The SMILES string of the molecule is CCN(CCCO)C(=O)c1ccc(Cl)c(Br)c1. The van der Waals surface area contributed by atoms with Crippen LogP contribution >= 0.6 is 27.5 Å². The van der Waals surface area contributed by atoms with Crippen molar-refractivity contribution in [2.45, 2.75) is 13.3 Å². The van der Waals surface area contributed by atoms with Crippen molar-refractivity contribution in [2.24, 2.45) is 0 Å². The fraction of sp³-hybridized carbons (Fsp3) is 0.417. The maximum absolute atomic E-state index is 12.1. The van der Waals surface area contributed by atoms with Crippen molar-refractivity contribution in [3.05, 3.63) is 33.3 Å². The molecule has 0 radical (unpaired) electrons. The Balaban J connectivity index is 2.82. The zero-order valence-electron chi connectivity index (χ0n) is 9.62. The highest BCUT2D eigenvalue weighted by atomic mass is 79.9. The quantitative estimate of drug-likeness (QED) is 0.906. The minimum atomic E-state index is -0.0432. The van der Waals surface area contributed by atoms with Gasteiger partial charge in [-0.2, -0.15) is 0 Å². The number of aliphatic hydroxyl groups is 1. The summed E-state index contributed by atoms with van der Waals surface area (Å²) in [6.07, 6.45) is 0.592. The van der Waals surface area contributed by atoms with Crippen LogP contribution in [0.3, 0.4) is 0 Å². The lowest BCUT2D eigenvalue weighted by Gasteiger charge is -2.20. The second-order valence-corrected chi connectivity index (χ2v) is 4.85. The first-order chi connectivity index (χ1) is 8.10. The highest BCUT2D eigenvalue weighted by Crippen LogP contribution is 2.23. The fourth-order valence-electron chi connectivity index (χ4n) is 1.48. The summed E-state index contributed by atoms with van der Waals surface area (Å²) < 4.78 is 0.711. The predicted molar refractivity (Wildman–Crippen MR) is 72.4 cm³/mol. The minimum Gasteiger partial charge on any atom is -0.396 e. The lowest BCUT2D eigenvalue weighted by atomic mass is 10.2. The van der Waals surface area contributed by atoms with Gasteiger partial charge < -0.3 is 10.0 Å². The van der Waals surface area contributed by atoms with E-state index in [1.165, 1.54) is 0 Å². The Kier molecular flexibility index (Phi) is 5.95. The molecule has 5 heteroatoms. The van der Waals surface area contributed by atoms with E-state index in [2.05, 4.69) is 15.9 Å². The van der Waals surface area contributed by atoms with Crippen LogP contribution in [-0.4, -0.2) is 35.6 Å². The van der Waals surface area contributed by atoms with Gasteiger partial charge in [-0.15, -0.1) is 0 Å². The van der Waals surface area contributed by atoms with Gasteiger partial charge in [0.1, 0.15) is 0 Å². The van der Waals surface area contributed by atoms with Gasteiger partial charge in [-0.05, 0) is 47.5 Å². The van der Waals surface area contributed by atoms with Crippen LogP contribution in [0, 0.1) is 0 Å². The van der Waals surface area contributed by atoms with E-state index in [1.54, 1.807) is 23.1 Å². The first kappa shape index (κ1) is 14.5. The van der Waals surface area contributed by atoms with E-state index in [0.29, 0.717) is 34.6 Å². The van der Waals surface area contributed by atoms with Crippen LogP contribution in [0.5, 0.6) is 0 Å². The van der Waals surface area contributed by atoms with Crippen molar-refractivity contribution >= 4 is 33.4 Å². The minimum absolute atomic E-state index is 0.0432. The van der Waals surface area contributed by atoms with E-state index < -0.39 is 0 Å². The van der Waals surface area contributed by atoms with Crippen molar-refractivity contribution in [3.8, 4) is 0 Å². The van der Waals surface area contributed by atoms with Crippen LogP contribution in [0.2, 0.25) is 5.02 Å². The molecule has 94 valence electrons. The fourth-order valence-corrected chi connectivity index (χ4v) is 1.97. The third kappa shape index (κ3) is 3.98. The Hall–Kier alpha value is -0.580. The van der Waals surface area contributed by atoms with E-state index in [0.717, 1.165) is 0 Å². The van der Waals surface area contributed by atoms with Crippen LogP contribution in [0.1, 0.15) is 23.7 Å². The van der Waals surface area contributed by atoms with Gasteiger partial charge in [-0.1, -0.05) is 11.6 Å². The average molecular weight is 321 g/mol. The lowest BCUT2D eigenvalue weighted by Crippen LogP contribution is -2.32. The monoisotopic (exact) mass is 319 g/mol. The first-order valence-corrected chi connectivity index (χ1v) is 6.62. The van der Waals surface area contributed by atoms with Crippen molar-refractivity contribution in [1.29, 1.82) is 0 Å². The highest BCUT2D eigenvalue weighted by molar-refractivity contribution is 9.10. The van der Waals surface area contributed by atoms with Crippen LogP contribution in [0.4, 0.5) is 0 Å². The van der Waals surface area contributed by atoms with Gasteiger partial charge in [0.15, 0.2) is 0 Å². The molecule has 0 aromatic heterocycles. The molecule has 0 aliphatic rings. The van der Waals surface area contributed by atoms with E-state index in [1.807, 2.05) is 6.92 Å². The molecule has 0 saturated heterocycles. The third-order valence-corrected chi connectivity index (χ3v) is 3.64. The predicted octanol–water partition coefficient (Wildman–Crippen LogP) is 2.95. The van der Waals surface area contributed by atoms with Crippen LogP contribution in [0.25, 0.3) is 0 Å². The number of aliphatic hydroxyl groups excluding tert-OH is 1. The highest BCUT2D eigenvalue weighted by Gasteiger charge is 2.14. The Morgan fingerprint density at radius 1 is 1.53 bits per heavy atom. The summed E-state index contributed by atoms with van der Waals surface area (Å²) in [4.78, 5) is 13.8. The topological polar surface area (TPSA) is 40.5 Å². The van der Waals surface area contributed by atoms with E-state index in [9.17, 15) is 4.79 Å². The Labute approximate surface area is 115 Å². The van der Waals surface area contributed by atoms with Gasteiger partial charge in [0.2, 0.25) is 0 Å². The van der Waals surface area contributed by atoms with Crippen LogP contribution in [-0.2, 0) is 0 Å². The molecule has 0 saturated carbocycles. The number of nitrogens with zero attached hydrogens (tertiary/aromatic N) is 1. The smallest absolute Gasteiger partial charge is 0.253 e. The van der Waals surface area contributed by atoms with Gasteiger partial charge in [0.05, 0.1) is 5.02 Å². The molecular formula is C12H15BrClNO2. The van der Waals surface area contributed by atoms with Crippen LogP contribution in [0.15, 0.2) is 22.7 Å². The number of hydrogen-bond donors (Lipinski definition) is 1. The number of halogens is 2. The van der Waals surface area contributed by atoms with Crippen molar-refractivity contribution < 1.29 is 9.90 Å². The molecule has 1 N–H and O–H groups in total. The second kappa shape index (κ2) is 6.99. The Morgan fingerprint density at radius 2 is 2.24 bits per heavy atom. The van der Waals surface area contributed by atoms with Crippen molar-refractivity contribution in [3.63, 3.8) is 0 Å². The molecule has 17 heavy (non-hydrogen) atoms. The summed E-state index contributed by atoms with van der Waals surface area (Å²) in [5, 5.41) is 9.36. The van der Waals surface area contributed by atoms with E-state index in [4.69, 9.17) is 16.7 Å². The molecular weight excluding hydrogens is 305 g/mol. The maximum Gasteiger partial charge on any atom is 0.253 e. The number of benzene rings is 1. The van der Waals surface area contributed by atoms with Gasteiger partial charge in [-0.3, -0.25) is 4.79 Å². The van der Waals surface area contributed by atoms with E-state index >= 15 is 0 Å². The summed E-state index contributed by atoms with van der Waals surface area (Å²) >= 11 is 9.17. The molecule has 0 heterocycles. The number of carbonyl (C=O) groups excluding carboxylic acids is 1. The standard InChI is InChI=1S/C12H15BrClNO2/c1-2-15(6-3-7-16)12(17)9-4-5-11(14)10(13)8-9/h4-5,8,16H,2-3,6-7H2,1H3. The zero-order chi connectivity index (χ0) is 12.8. The van der Waals surface area contributed by atoms with Gasteiger partial charge in [0.25, 0.3) is 5.91 Å². The lowest BCUT2D eigenvalue weighted by molar-refractivity contribution is 0.0754. The summed E-state index contributed by atoms with van der Waals surface area (Å²) in [6.45, 7) is 3.19. The molecule has 1 rings (SSSR count). The number of amides is 1. The molecule has 0 aliphatic heterocycles. The average Bonchev–Trinajstić information content (AvgIpc) is 2.33. The summed E-state index contributed by atoms with van der Waals surface area (Å²) in [7, 11) is 0. The molecule has 1 aromatic rings. The van der Waals surface area contributed by atoms with Crippen molar-refractivity contribution in [1.82, 2.24) is 4.90 Å². The molecule has 0 unspecified atom stereocenters. The molecule has 0 bridgehead atoms. The molecule has 0 fully saturated rings. The molecule has 1 amide bonds. The first-order valence-electron chi connectivity index (χ1n) is 5.45. The van der Waals surface area contributed by atoms with Gasteiger partial charge in [0, 0.05) is 29.7 Å². The Morgan fingerprint density at radius 3 is 2.76 bits per heavy atom. The number of rotatable bonds is 5. The normalized spacial score (nSPS) is 10.4. The molecule has 3 nitrogen and oxygen atoms in total. The summed E-state index contributed by atoms with van der Waals surface area (Å²) in [6, 6.07) is 5.11. The number of carbonyl (C=O) groups is 1. The summed E-state index contributed by atoms with van der Waals surface area (Å²) in [5.41, 5.74) is 0.598. The zero-order valence-corrected chi connectivity index (χ0v) is 12.0. The van der Waals surface area contributed by atoms with Gasteiger partial charge in [-0.25, -0.2) is 0 Å². The third-order valence-electron chi connectivity index (χ3n) is 2.42. The maximum atomic E-state index is 12.1. The second-order valence-electron chi connectivity index (χ2n) is 3.59. The largest absolute Gasteiger partial charge is 0.396 e. The Bertz CT molecular complexity index is 398.